The smallest absolute Gasteiger partial charge is 0.270 e. The van der Waals surface area contributed by atoms with Crippen LogP contribution in [0.1, 0.15) is 5.56 Å². The van der Waals surface area contributed by atoms with Gasteiger partial charge in [0.15, 0.2) is 0 Å². The third-order valence-corrected chi connectivity index (χ3v) is 3.59. The summed E-state index contributed by atoms with van der Waals surface area (Å²) < 4.78 is 13.9. The normalized spacial score (nSPS) is 10.3. The van der Waals surface area contributed by atoms with Crippen molar-refractivity contribution in [1.82, 2.24) is 0 Å². The van der Waals surface area contributed by atoms with Gasteiger partial charge in [0.25, 0.3) is 5.69 Å². The van der Waals surface area contributed by atoms with Crippen molar-refractivity contribution < 1.29 is 9.31 Å². The standard InChI is InChI=1S/C13H9BrClFN2O2/c14-10-6-9(18(19)20)2-4-13(10)17-7-8-1-3-11(15)12(16)5-8/h1-6,17H,7H2. The minimum Gasteiger partial charge on any atom is -0.380 e. The Morgan fingerprint density at radius 1 is 1.30 bits per heavy atom. The van der Waals surface area contributed by atoms with E-state index in [0.29, 0.717) is 16.7 Å². The summed E-state index contributed by atoms with van der Waals surface area (Å²) in [6.45, 7) is 0.379. The number of rotatable bonds is 4. The van der Waals surface area contributed by atoms with Gasteiger partial charge >= 0.3 is 0 Å². The molecule has 0 saturated heterocycles. The van der Waals surface area contributed by atoms with Crippen molar-refractivity contribution in [2.45, 2.75) is 6.54 Å². The summed E-state index contributed by atoms with van der Waals surface area (Å²) in [5.74, 6) is -0.478. The van der Waals surface area contributed by atoms with E-state index in [-0.39, 0.29) is 10.7 Å². The molecule has 7 heteroatoms. The lowest BCUT2D eigenvalue weighted by Crippen LogP contribution is -2.01. The van der Waals surface area contributed by atoms with Crippen LogP contribution in [0.4, 0.5) is 15.8 Å². The van der Waals surface area contributed by atoms with E-state index in [1.54, 1.807) is 12.1 Å². The van der Waals surface area contributed by atoms with Gasteiger partial charge in [-0.05, 0) is 39.7 Å². The largest absolute Gasteiger partial charge is 0.380 e. The first-order valence-electron chi connectivity index (χ1n) is 5.59. The molecule has 0 atom stereocenters. The fraction of sp³-hybridized carbons (Fsp3) is 0.0769. The fourth-order valence-electron chi connectivity index (χ4n) is 1.61. The fourth-order valence-corrected chi connectivity index (χ4v) is 2.23. The molecule has 1 N–H and O–H groups in total. The first-order chi connectivity index (χ1) is 9.47. The number of anilines is 1. The number of nitrogens with one attached hydrogen (secondary N) is 1. The van der Waals surface area contributed by atoms with Crippen LogP contribution in [0, 0.1) is 15.9 Å². The van der Waals surface area contributed by atoms with Gasteiger partial charge in [0, 0.05) is 28.8 Å². The Balaban J connectivity index is 2.10. The molecule has 0 bridgehead atoms. The molecule has 0 fully saturated rings. The van der Waals surface area contributed by atoms with Crippen LogP contribution >= 0.6 is 27.5 Å². The number of nitro groups is 1. The maximum atomic E-state index is 13.3. The van der Waals surface area contributed by atoms with Gasteiger partial charge in [-0.25, -0.2) is 4.39 Å². The number of nitrogens with zero attached hydrogens (tertiary/aromatic N) is 1. The number of nitro benzene ring substituents is 1. The molecule has 0 amide bonds. The number of benzene rings is 2. The Bertz CT molecular complexity index is 667. The van der Waals surface area contributed by atoms with Crippen molar-refractivity contribution in [2.24, 2.45) is 0 Å². The molecular weight excluding hydrogens is 351 g/mol. The Kier molecular flexibility index (Phi) is 4.57. The van der Waals surface area contributed by atoms with Crippen molar-refractivity contribution in [3.63, 3.8) is 0 Å². The molecule has 20 heavy (non-hydrogen) atoms. The summed E-state index contributed by atoms with van der Waals surface area (Å²) in [6, 6.07) is 8.93. The van der Waals surface area contributed by atoms with E-state index in [4.69, 9.17) is 11.6 Å². The molecule has 0 radical (unpaired) electrons. The minimum atomic E-state index is -0.478. The Morgan fingerprint density at radius 3 is 2.65 bits per heavy atom. The molecule has 0 aliphatic carbocycles. The number of hydrogen-bond donors (Lipinski definition) is 1. The van der Waals surface area contributed by atoms with E-state index in [1.165, 1.54) is 24.3 Å². The van der Waals surface area contributed by atoms with Gasteiger partial charge in [0.05, 0.1) is 9.95 Å². The zero-order valence-corrected chi connectivity index (χ0v) is 12.4. The molecular formula is C13H9BrClFN2O2. The van der Waals surface area contributed by atoms with Crippen LogP contribution in [-0.2, 0) is 6.54 Å². The highest BCUT2D eigenvalue weighted by molar-refractivity contribution is 9.10. The summed E-state index contributed by atoms with van der Waals surface area (Å²) in [6.07, 6.45) is 0. The van der Waals surface area contributed by atoms with Gasteiger partial charge in [0.1, 0.15) is 5.82 Å². The highest BCUT2D eigenvalue weighted by Gasteiger charge is 2.09. The molecule has 104 valence electrons. The van der Waals surface area contributed by atoms with Crippen LogP contribution in [-0.4, -0.2) is 4.92 Å². The molecule has 2 rings (SSSR count). The molecule has 0 unspecified atom stereocenters. The molecule has 0 aliphatic heterocycles. The summed E-state index contributed by atoms with van der Waals surface area (Å²) >= 11 is 8.86. The number of hydrogen-bond acceptors (Lipinski definition) is 3. The summed E-state index contributed by atoms with van der Waals surface area (Å²) in [5.41, 5.74) is 1.41. The zero-order chi connectivity index (χ0) is 14.7. The summed E-state index contributed by atoms with van der Waals surface area (Å²) in [5, 5.41) is 13.8. The Morgan fingerprint density at radius 2 is 2.05 bits per heavy atom. The number of non-ortho nitro benzene ring substituents is 1. The lowest BCUT2D eigenvalue weighted by atomic mass is 10.2. The highest BCUT2D eigenvalue weighted by atomic mass is 79.9. The van der Waals surface area contributed by atoms with E-state index < -0.39 is 10.7 Å². The second-order valence-electron chi connectivity index (χ2n) is 4.02. The van der Waals surface area contributed by atoms with Crippen LogP contribution in [0.15, 0.2) is 40.9 Å². The van der Waals surface area contributed by atoms with Crippen LogP contribution in [0.25, 0.3) is 0 Å². The van der Waals surface area contributed by atoms with Crippen LogP contribution in [0.5, 0.6) is 0 Å². The molecule has 0 saturated carbocycles. The summed E-state index contributed by atoms with van der Waals surface area (Å²) in [7, 11) is 0. The van der Waals surface area contributed by atoms with Crippen molar-refractivity contribution in [2.75, 3.05) is 5.32 Å². The monoisotopic (exact) mass is 358 g/mol. The van der Waals surface area contributed by atoms with Gasteiger partial charge in [-0.3, -0.25) is 10.1 Å². The molecule has 4 nitrogen and oxygen atoms in total. The predicted octanol–water partition coefficient (Wildman–Crippen LogP) is 4.76. The minimum absolute atomic E-state index is 0.0000348. The van der Waals surface area contributed by atoms with Gasteiger partial charge in [-0.1, -0.05) is 17.7 Å². The van der Waals surface area contributed by atoms with Crippen molar-refractivity contribution >= 4 is 38.9 Å². The van der Waals surface area contributed by atoms with Crippen LogP contribution in [0.3, 0.4) is 0 Å². The van der Waals surface area contributed by atoms with Gasteiger partial charge in [0.2, 0.25) is 0 Å². The number of halogens is 3. The highest BCUT2D eigenvalue weighted by Crippen LogP contribution is 2.27. The molecule has 0 spiro atoms. The van der Waals surface area contributed by atoms with E-state index >= 15 is 0 Å². The predicted molar refractivity (Wildman–Crippen MR) is 79.5 cm³/mol. The van der Waals surface area contributed by atoms with E-state index in [9.17, 15) is 14.5 Å². The van der Waals surface area contributed by atoms with Crippen molar-refractivity contribution in [3.05, 3.63) is 67.4 Å². The lowest BCUT2D eigenvalue weighted by Gasteiger charge is -2.09. The lowest BCUT2D eigenvalue weighted by molar-refractivity contribution is -0.384. The van der Waals surface area contributed by atoms with Gasteiger partial charge in [-0.2, -0.15) is 0 Å². The summed E-state index contributed by atoms with van der Waals surface area (Å²) in [4.78, 5) is 10.2. The second-order valence-corrected chi connectivity index (χ2v) is 5.28. The molecule has 2 aromatic carbocycles. The second kappa shape index (κ2) is 6.19. The molecule has 0 heterocycles. The topological polar surface area (TPSA) is 55.2 Å². The maximum Gasteiger partial charge on any atom is 0.270 e. The van der Waals surface area contributed by atoms with E-state index in [0.717, 1.165) is 5.56 Å². The first-order valence-corrected chi connectivity index (χ1v) is 6.76. The molecule has 0 aliphatic rings. The average Bonchev–Trinajstić information content (AvgIpc) is 2.41. The van der Waals surface area contributed by atoms with Gasteiger partial charge in [-0.15, -0.1) is 0 Å². The zero-order valence-electron chi connectivity index (χ0n) is 10.1. The van der Waals surface area contributed by atoms with E-state index in [2.05, 4.69) is 21.2 Å². The van der Waals surface area contributed by atoms with Crippen molar-refractivity contribution in [1.29, 1.82) is 0 Å². The van der Waals surface area contributed by atoms with Crippen LogP contribution < -0.4 is 5.32 Å². The molecule has 0 aromatic heterocycles. The van der Waals surface area contributed by atoms with Crippen LogP contribution in [0.2, 0.25) is 5.02 Å². The van der Waals surface area contributed by atoms with Gasteiger partial charge < -0.3 is 5.32 Å². The quantitative estimate of drug-likeness (QED) is 0.632. The third kappa shape index (κ3) is 3.46. The Hall–Kier alpha value is -1.66. The Labute approximate surface area is 127 Å². The SMILES string of the molecule is O=[N+]([O-])c1ccc(NCc2ccc(Cl)c(F)c2)c(Br)c1. The van der Waals surface area contributed by atoms with Crippen molar-refractivity contribution in [3.8, 4) is 0 Å². The molecule has 2 aromatic rings. The average molecular weight is 360 g/mol. The maximum absolute atomic E-state index is 13.3. The van der Waals surface area contributed by atoms with E-state index in [1.807, 2.05) is 0 Å². The first kappa shape index (κ1) is 14.7. The third-order valence-electron chi connectivity index (χ3n) is 2.63.